The normalized spacial score (nSPS) is 25.4. The molecule has 0 aromatic carbocycles. The highest BCUT2D eigenvalue weighted by molar-refractivity contribution is 6.35. The Hall–Kier alpha value is -0.350. The van der Waals surface area contributed by atoms with Gasteiger partial charge in [0.05, 0.1) is 6.10 Å². The van der Waals surface area contributed by atoms with Crippen LogP contribution in [0.2, 0.25) is 10.2 Å². The number of piperidine rings is 1. The number of hydrogen-bond acceptors (Lipinski definition) is 3. The number of hydrogen-bond donors (Lipinski definition) is 1. The van der Waals surface area contributed by atoms with Gasteiger partial charge in [-0.2, -0.15) is 0 Å². The maximum atomic E-state index is 9.89. The SMILES string of the molecule is Cc1cc(Cl)c(CN2CCC(C)C(O)C2)c(Cl)n1. The molecule has 100 valence electrons. The summed E-state index contributed by atoms with van der Waals surface area (Å²) < 4.78 is 0. The van der Waals surface area contributed by atoms with Crippen LogP contribution in [-0.2, 0) is 6.54 Å². The maximum Gasteiger partial charge on any atom is 0.135 e. The van der Waals surface area contributed by atoms with Gasteiger partial charge in [0.25, 0.3) is 0 Å². The molecule has 2 unspecified atom stereocenters. The molecule has 1 fully saturated rings. The minimum atomic E-state index is -0.269. The van der Waals surface area contributed by atoms with E-state index in [-0.39, 0.29) is 6.10 Å². The van der Waals surface area contributed by atoms with Crippen molar-refractivity contribution in [3.05, 3.63) is 27.5 Å². The van der Waals surface area contributed by atoms with Crippen LogP contribution in [0.5, 0.6) is 0 Å². The van der Waals surface area contributed by atoms with Gasteiger partial charge in [-0.05, 0) is 31.9 Å². The summed E-state index contributed by atoms with van der Waals surface area (Å²) in [6, 6.07) is 1.83. The molecule has 0 bridgehead atoms. The van der Waals surface area contributed by atoms with Crippen molar-refractivity contribution in [2.75, 3.05) is 13.1 Å². The lowest BCUT2D eigenvalue weighted by Gasteiger charge is -2.34. The number of aryl methyl sites for hydroxylation is 1. The molecule has 0 aliphatic carbocycles. The molecule has 1 N–H and O–H groups in total. The van der Waals surface area contributed by atoms with Crippen LogP contribution in [0.3, 0.4) is 0 Å². The third kappa shape index (κ3) is 3.15. The Kier molecular flexibility index (Phi) is 4.49. The first-order valence-corrected chi connectivity index (χ1v) is 6.95. The van der Waals surface area contributed by atoms with E-state index in [1.807, 2.05) is 13.0 Å². The summed E-state index contributed by atoms with van der Waals surface area (Å²) in [7, 11) is 0. The third-order valence-electron chi connectivity index (χ3n) is 3.53. The van der Waals surface area contributed by atoms with Crippen molar-refractivity contribution in [1.29, 1.82) is 0 Å². The van der Waals surface area contributed by atoms with Crippen LogP contribution in [0.4, 0.5) is 0 Å². The molecule has 2 heterocycles. The summed E-state index contributed by atoms with van der Waals surface area (Å²) in [6.07, 6.45) is 0.727. The fraction of sp³-hybridized carbons (Fsp3) is 0.615. The molecule has 3 nitrogen and oxygen atoms in total. The average Bonchev–Trinajstić information content (AvgIpc) is 2.28. The number of halogens is 2. The van der Waals surface area contributed by atoms with Crippen molar-refractivity contribution in [3.8, 4) is 0 Å². The van der Waals surface area contributed by atoms with E-state index >= 15 is 0 Å². The first kappa shape index (κ1) is 14.1. The minimum Gasteiger partial charge on any atom is -0.392 e. The number of rotatable bonds is 2. The van der Waals surface area contributed by atoms with Crippen molar-refractivity contribution in [3.63, 3.8) is 0 Å². The molecule has 1 aromatic rings. The Morgan fingerprint density at radius 3 is 2.83 bits per heavy atom. The largest absolute Gasteiger partial charge is 0.392 e. The lowest BCUT2D eigenvalue weighted by molar-refractivity contribution is 0.0259. The number of pyridine rings is 1. The smallest absolute Gasteiger partial charge is 0.135 e. The quantitative estimate of drug-likeness (QED) is 0.850. The molecule has 0 spiro atoms. The van der Waals surface area contributed by atoms with E-state index in [0.717, 1.165) is 24.2 Å². The predicted octanol–water partition coefficient (Wildman–Crippen LogP) is 2.90. The van der Waals surface area contributed by atoms with Gasteiger partial charge >= 0.3 is 0 Å². The first-order chi connectivity index (χ1) is 8.47. The van der Waals surface area contributed by atoms with Gasteiger partial charge < -0.3 is 5.11 Å². The molecule has 1 aliphatic rings. The van der Waals surface area contributed by atoms with Crippen LogP contribution in [0, 0.1) is 12.8 Å². The Morgan fingerprint density at radius 1 is 1.50 bits per heavy atom. The highest BCUT2D eigenvalue weighted by atomic mass is 35.5. The van der Waals surface area contributed by atoms with Gasteiger partial charge in [0.1, 0.15) is 5.15 Å². The van der Waals surface area contributed by atoms with Crippen molar-refractivity contribution < 1.29 is 5.11 Å². The molecule has 2 rings (SSSR count). The number of β-amino-alcohol motifs (C(OH)–C–C–N with tert-alkyl or cyclic N) is 1. The number of nitrogens with zero attached hydrogens (tertiary/aromatic N) is 2. The topological polar surface area (TPSA) is 36.4 Å². The van der Waals surface area contributed by atoms with Gasteiger partial charge in [0.15, 0.2) is 0 Å². The summed E-state index contributed by atoms with van der Waals surface area (Å²) in [4.78, 5) is 6.40. The van der Waals surface area contributed by atoms with Crippen LogP contribution >= 0.6 is 23.2 Å². The summed E-state index contributed by atoms with van der Waals surface area (Å²) in [5.74, 6) is 0.364. The maximum absolute atomic E-state index is 9.89. The van der Waals surface area contributed by atoms with Gasteiger partial charge in [0.2, 0.25) is 0 Å². The highest BCUT2D eigenvalue weighted by Crippen LogP contribution is 2.27. The number of aliphatic hydroxyl groups excluding tert-OH is 1. The van der Waals surface area contributed by atoms with Crippen molar-refractivity contribution >= 4 is 23.2 Å². The zero-order valence-electron chi connectivity index (χ0n) is 10.7. The fourth-order valence-corrected chi connectivity index (χ4v) is 2.90. The zero-order valence-corrected chi connectivity index (χ0v) is 12.2. The number of likely N-dealkylation sites (tertiary alicyclic amines) is 1. The van der Waals surface area contributed by atoms with Gasteiger partial charge in [-0.3, -0.25) is 4.90 Å². The molecule has 0 saturated carbocycles. The number of aliphatic hydroxyl groups is 1. The molecule has 5 heteroatoms. The Labute approximate surface area is 118 Å². The molecular weight excluding hydrogens is 271 g/mol. The zero-order chi connectivity index (χ0) is 13.3. The van der Waals surface area contributed by atoms with Crippen LogP contribution in [0.1, 0.15) is 24.6 Å². The molecule has 1 aliphatic heterocycles. The molecule has 2 atom stereocenters. The summed E-state index contributed by atoms with van der Waals surface area (Å²) in [5.41, 5.74) is 1.67. The minimum absolute atomic E-state index is 0.269. The number of aromatic nitrogens is 1. The van der Waals surface area contributed by atoms with Gasteiger partial charge in [-0.1, -0.05) is 30.1 Å². The summed E-state index contributed by atoms with van der Waals surface area (Å²) in [6.45, 7) is 6.22. The molecule has 0 radical (unpaired) electrons. The van der Waals surface area contributed by atoms with E-state index < -0.39 is 0 Å². The van der Waals surface area contributed by atoms with E-state index in [4.69, 9.17) is 23.2 Å². The Morgan fingerprint density at radius 2 is 2.22 bits per heavy atom. The Balaban J connectivity index is 2.10. The van der Waals surface area contributed by atoms with E-state index in [1.165, 1.54) is 0 Å². The second kappa shape index (κ2) is 5.74. The van der Waals surface area contributed by atoms with Gasteiger partial charge in [-0.15, -0.1) is 0 Å². The van der Waals surface area contributed by atoms with Crippen LogP contribution in [0.15, 0.2) is 6.07 Å². The van der Waals surface area contributed by atoms with Crippen LogP contribution < -0.4 is 0 Å². The second-order valence-corrected chi connectivity index (χ2v) is 5.85. The van der Waals surface area contributed by atoms with Crippen LogP contribution in [-0.4, -0.2) is 34.2 Å². The Bertz CT molecular complexity index is 416. The fourth-order valence-electron chi connectivity index (χ4n) is 2.25. The third-order valence-corrected chi connectivity index (χ3v) is 4.18. The van der Waals surface area contributed by atoms with E-state index in [9.17, 15) is 5.11 Å². The highest BCUT2D eigenvalue weighted by Gasteiger charge is 2.25. The predicted molar refractivity (Wildman–Crippen MR) is 74.1 cm³/mol. The van der Waals surface area contributed by atoms with E-state index in [0.29, 0.717) is 29.2 Å². The summed E-state index contributed by atoms with van der Waals surface area (Å²) in [5, 5.41) is 11.0. The second-order valence-electron chi connectivity index (χ2n) is 5.08. The van der Waals surface area contributed by atoms with Gasteiger partial charge in [0, 0.05) is 29.4 Å². The molecular formula is C13H18Cl2N2O. The van der Waals surface area contributed by atoms with Crippen molar-refractivity contribution in [2.24, 2.45) is 5.92 Å². The summed E-state index contributed by atoms with van der Waals surface area (Å²) >= 11 is 12.3. The van der Waals surface area contributed by atoms with Crippen LogP contribution in [0.25, 0.3) is 0 Å². The molecule has 0 amide bonds. The molecule has 18 heavy (non-hydrogen) atoms. The van der Waals surface area contributed by atoms with E-state index in [1.54, 1.807) is 0 Å². The lowest BCUT2D eigenvalue weighted by atomic mass is 9.96. The molecule has 1 saturated heterocycles. The molecule has 1 aromatic heterocycles. The standard InChI is InChI=1S/C13H18Cl2N2O/c1-8-3-4-17(7-12(8)18)6-10-11(14)5-9(2)16-13(10)15/h5,8,12,18H,3-4,6-7H2,1-2H3. The monoisotopic (exact) mass is 288 g/mol. The van der Waals surface area contributed by atoms with Crippen molar-refractivity contribution in [1.82, 2.24) is 9.88 Å². The lowest BCUT2D eigenvalue weighted by Crippen LogP contribution is -2.42. The first-order valence-electron chi connectivity index (χ1n) is 6.19. The van der Waals surface area contributed by atoms with E-state index in [2.05, 4.69) is 16.8 Å². The van der Waals surface area contributed by atoms with Crippen molar-refractivity contribution in [2.45, 2.75) is 32.9 Å². The van der Waals surface area contributed by atoms with Gasteiger partial charge in [-0.25, -0.2) is 4.98 Å². The average molecular weight is 289 g/mol.